The summed E-state index contributed by atoms with van der Waals surface area (Å²) in [6.07, 6.45) is 2.07. The second kappa shape index (κ2) is 5.52. The van der Waals surface area contributed by atoms with Gasteiger partial charge >= 0.3 is 0 Å². The Morgan fingerprint density at radius 3 is 2.71 bits per heavy atom. The molecule has 0 saturated heterocycles. The monoisotopic (exact) mass is 292 g/mol. The lowest BCUT2D eigenvalue weighted by molar-refractivity contribution is 0.454. The molecule has 2 heterocycles. The van der Waals surface area contributed by atoms with Gasteiger partial charge in [0.1, 0.15) is 11.6 Å². The van der Waals surface area contributed by atoms with Crippen LogP contribution in [-0.4, -0.2) is 14.8 Å². The molecule has 3 rings (SSSR count). The topological polar surface area (TPSA) is 42.7 Å². The van der Waals surface area contributed by atoms with E-state index >= 15 is 0 Å². The molecule has 0 amide bonds. The first-order chi connectivity index (χ1) is 10.1. The summed E-state index contributed by atoms with van der Waals surface area (Å²) in [6, 6.07) is 3.87. The second-order valence-corrected chi connectivity index (χ2v) is 5.51. The zero-order valence-corrected chi connectivity index (χ0v) is 12.1. The van der Waals surface area contributed by atoms with Crippen LogP contribution < -0.4 is 5.32 Å². The predicted octanol–water partition coefficient (Wildman–Crippen LogP) is 2.91. The Balaban J connectivity index is 1.74. The third-order valence-electron chi connectivity index (χ3n) is 3.97. The van der Waals surface area contributed by atoms with Crippen molar-refractivity contribution < 1.29 is 8.78 Å². The molecule has 0 spiro atoms. The number of fused-ring (bicyclic) bond motifs is 1. The minimum atomic E-state index is -0.825. The lowest BCUT2D eigenvalue weighted by Gasteiger charge is -2.20. The largest absolute Gasteiger partial charge is 0.314 e. The number of nitrogens with one attached hydrogen (secondary N) is 1. The normalized spacial score (nSPS) is 16.8. The molecule has 4 nitrogen and oxygen atoms in total. The van der Waals surface area contributed by atoms with Gasteiger partial charge in [-0.15, -0.1) is 10.2 Å². The van der Waals surface area contributed by atoms with Crippen molar-refractivity contribution >= 4 is 0 Å². The van der Waals surface area contributed by atoms with Gasteiger partial charge in [-0.05, 0) is 38.0 Å². The first kappa shape index (κ1) is 14.1. The molecule has 2 unspecified atom stereocenters. The Morgan fingerprint density at radius 2 is 1.95 bits per heavy atom. The number of hydrogen-bond acceptors (Lipinski definition) is 3. The van der Waals surface area contributed by atoms with E-state index in [1.807, 2.05) is 13.8 Å². The van der Waals surface area contributed by atoms with E-state index in [9.17, 15) is 8.78 Å². The second-order valence-electron chi connectivity index (χ2n) is 5.51. The molecule has 1 aliphatic heterocycles. The van der Waals surface area contributed by atoms with E-state index < -0.39 is 11.6 Å². The van der Waals surface area contributed by atoms with Crippen molar-refractivity contribution in [2.45, 2.75) is 45.3 Å². The van der Waals surface area contributed by atoms with Crippen molar-refractivity contribution in [2.24, 2.45) is 0 Å². The van der Waals surface area contributed by atoms with E-state index in [-0.39, 0.29) is 12.1 Å². The van der Waals surface area contributed by atoms with E-state index in [1.165, 1.54) is 6.07 Å². The molecule has 1 N–H and O–H groups in total. The number of halogens is 2. The highest BCUT2D eigenvalue weighted by molar-refractivity contribution is 5.21. The summed E-state index contributed by atoms with van der Waals surface area (Å²) in [6.45, 7) is 4.87. The Bertz CT molecular complexity index is 653. The third-order valence-corrected chi connectivity index (χ3v) is 3.97. The molecule has 0 aliphatic carbocycles. The Kier molecular flexibility index (Phi) is 3.71. The van der Waals surface area contributed by atoms with Crippen LogP contribution in [0, 0.1) is 11.6 Å². The Labute approximate surface area is 122 Å². The van der Waals surface area contributed by atoms with Gasteiger partial charge in [-0.25, -0.2) is 8.78 Å². The summed E-state index contributed by atoms with van der Waals surface area (Å²) in [7, 11) is 0. The summed E-state index contributed by atoms with van der Waals surface area (Å²) in [4.78, 5) is 0. The van der Waals surface area contributed by atoms with E-state index in [0.717, 1.165) is 37.1 Å². The average molecular weight is 292 g/mol. The summed E-state index contributed by atoms with van der Waals surface area (Å²) < 4.78 is 28.4. The summed E-state index contributed by atoms with van der Waals surface area (Å²) in [5.74, 6) is 0.280. The Morgan fingerprint density at radius 1 is 1.14 bits per heavy atom. The van der Waals surface area contributed by atoms with Gasteiger partial charge in [-0.3, -0.25) is 0 Å². The zero-order chi connectivity index (χ0) is 15.0. The molecule has 21 heavy (non-hydrogen) atoms. The number of nitrogens with zero attached hydrogens (tertiary/aromatic N) is 3. The Hall–Kier alpha value is -1.82. The fourth-order valence-corrected chi connectivity index (χ4v) is 2.82. The van der Waals surface area contributed by atoms with Gasteiger partial charge < -0.3 is 9.88 Å². The minimum Gasteiger partial charge on any atom is -0.314 e. The molecule has 0 saturated carbocycles. The van der Waals surface area contributed by atoms with Gasteiger partial charge in [0.25, 0.3) is 0 Å². The van der Waals surface area contributed by atoms with Crippen molar-refractivity contribution in [2.75, 3.05) is 0 Å². The standard InChI is InChI=1S/C15H18F2N4/c1-9(11-5-6-12(16)13(17)8-11)18-10(2)15-20-19-14-4-3-7-21(14)15/h5-6,8-10,18H,3-4,7H2,1-2H3. The van der Waals surface area contributed by atoms with E-state index in [1.54, 1.807) is 6.07 Å². The molecule has 1 aromatic carbocycles. The molecular formula is C15H18F2N4. The van der Waals surface area contributed by atoms with E-state index in [2.05, 4.69) is 20.1 Å². The molecule has 1 aromatic heterocycles. The highest BCUT2D eigenvalue weighted by Crippen LogP contribution is 2.23. The van der Waals surface area contributed by atoms with Crippen molar-refractivity contribution in [1.82, 2.24) is 20.1 Å². The number of aromatic nitrogens is 3. The molecular weight excluding hydrogens is 274 g/mol. The third kappa shape index (κ3) is 2.68. The van der Waals surface area contributed by atoms with Gasteiger partial charge in [-0.2, -0.15) is 0 Å². The molecule has 0 bridgehead atoms. The van der Waals surface area contributed by atoms with Crippen LogP contribution in [0.4, 0.5) is 8.78 Å². The number of aryl methyl sites for hydroxylation is 1. The maximum atomic E-state index is 13.3. The minimum absolute atomic E-state index is 0.00698. The van der Waals surface area contributed by atoms with Crippen LogP contribution in [0.1, 0.15) is 49.6 Å². The zero-order valence-electron chi connectivity index (χ0n) is 12.1. The van der Waals surface area contributed by atoms with E-state index in [0.29, 0.717) is 5.56 Å². The quantitative estimate of drug-likeness (QED) is 0.942. The van der Waals surface area contributed by atoms with Crippen LogP contribution in [0.15, 0.2) is 18.2 Å². The van der Waals surface area contributed by atoms with E-state index in [4.69, 9.17) is 0 Å². The molecule has 1 aliphatic rings. The van der Waals surface area contributed by atoms with Crippen LogP contribution in [0.3, 0.4) is 0 Å². The van der Waals surface area contributed by atoms with Crippen LogP contribution in [0.5, 0.6) is 0 Å². The molecule has 6 heteroatoms. The molecule has 2 aromatic rings. The lowest BCUT2D eigenvalue weighted by atomic mass is 10.1. The summed E-state index contributed by atoms with van der Waals surface area (Å²) >= 11 is 0. The molecule has 0 radical (unpaired) electrons. The number of benzene rings is 1. The number of rotatable bonds is 4. The fourth-order valence-electron chi connectivity index (χ4n) is 2.82. The molecule has 112 valence electrons. The predicted molar refractivity (Wildman–Crippen MR) is 74.7 cm³/mol. The van der Waals surface area contributed by atoms with Gasteiger partial charge in [0.15, 0.2) is 11.6 Å². The fraction of sp³-hybridized carbons (Fsp3) is 0.467. The molecule has 0 fully saturated rings. The first-order valence-electron chi connectivity index (χ1n) is 7.19. The van der Waals surface area contributed by atoms with Gasteiger partial charge in [0.2, 0.25) is 0 Å². The number of hydrogen-bond donors (Lipinski definition) is 1. The van der Waals surface area contributed by atoms with Crippen molar-refractivity contribution in [3.8, 4) is 0 Å². The van der Waals surface area contributed by atoms with Gasteiger partial charge in [0.05, 0.1) is 6.04 Å². The van der Waals surface area contributed by atoms with Crippen molar-refractivity contribution in [3.05, 3.63) is 47.0 Å². The smallest absolute Gasteiger partial charge is 0.159 e. The highest BCUT2D eigenvalue weighted by atomic mass is 19.2. The average Bonchev–Trinajstić information content (AvgIpc) is 3.04. The maximum Gasteiger partial charge on any atom is 0.159 e. The van der Waals surface area contributed by atoms with Crippen LogP contribution in [0.25, 0.3) is 0 Å². The van der Waals surface area contributed by atoms with Crippen LogP contribution in [0.2, 0.25) is 0 Å². The van der Waals surface area contributed by atoms with Crippen LogP contribution >= 0.6 is 0 Å². The highest BCUT2D eigenvalue weighted by Gasteiger charge is 2.22. The van der Waals surface area contributed by atoms with Gasteiger partial charge in [0, 0.05) is 19.0 Å². The molecule has 2 atom stereocenters. The van der Waals surface area contributed by atoms with Crippen LogP contribution in [-0.2, 0) is 13.0 Å². The lowest BCUT2D eigenvalue weighted by Crippen LogP contribution is -2.25. The van der Waals surface area contributed by atoms with Crippen molar-refractivity contribution in [1.29, 1.82) is 0 Å². The summed E-state index contributed by atoms with van der Waals surface area (Å²) in [5, 5.41) is 11.8. The maximum absolute atomic E-state index is 13.3. The first-order valence-corrected chi connectivity index (χ1v) is 7.19. The summed E-state index contributed by atoms with van der Waals surface area (Å²) in [5.41, 5.74) is 0.710. The van der Waals surface area contributed by atoms with Gasteiger partial charge in [-0.1, -0.05) is 6.07 Å². The SMILES string of the molecule is CC(NC(C)c1nnc2n1CCC2)c1ccc(F)c(F)c1. The van der Waals surface area contributed by atoms with Crippen molar-refractivity contribution in [3.63, 3.8) is 0 Å².